The number of rotatable bonds is 9. The Kier molecular flexibility index (Phi) is 7.40. The van der Waals surface area contributed by atoms with Crippen molar-refractivity contribution in [3.63, 3.8) is 0 Å². The summed E-state index contributed by atoms with van der Waals surface area (Å²) in [6, 6.07) is 0. The summed E-state index contributed by atoms with van der Waals surface area (Å²) in [6.07, 6.45) is 6.15. The first kappa shape index (κ1) is 15.9. The third-order valence-electron chi connectivity index (χ3n) is 2.74. The van der Waals surface area contributed by atoms with Gasteiger partial charge >= 0.3 is 0 Å². The SMILES string of the molecule is CCCNc1ncnc(NCCCS(C)=O)c1CC. The van der Waals surface area contributed by atoms with E-state index in [1.807, 2.05) is 0 Å². The Morgan fingerprint density at radius 2 is 1.79 bits per heavy atom. The molecule has 0 fully saturated rings. The lowest BCUT2D eigenvalue weighted by atomic mass is 10.2. The molecule has 19 heavy (non-hydrogen) atoms. The van der Waals surface area contributed by atoms with Crippen LogP contribution in [0.3, 0.4) is 0 Å². The van der Waals surface area contributed by atoms with Crippen LogP contribution in [0.1, 0.15) is 32.3 Å². The van der Waals surface area contributed by atoms with Crippen molar-refractivity contribution in [3.05, 3.63) is 11.9 Å². The number of anilines is 2. The van der Waals surface area contributed by atoms with Crippen LogP contribution in [0.5, 0.6) is 0 Å². The molecule has 6 heteroatoms. The second-order valence-electron chi connectivity index (χ2n) is 4.39. The molecule has 1 unspecified atom stereocenters. The van der Waals surface area contributed by atoms with Gasteiger partial charge in [0, 0.05) is 41.5 Å². The molecule has 0 aromatic carbocycles. The molecule has 0 saturated heterocycles. The molecule has 1 aromatic heterocycles. The fraction of sp³-hybridized carbons (Fsp3) is 0.692. The molecule has 0 aliphatic rings. The molecule has 1 rings (SSSR count). The third-order valence-corrected chi connectivity index (χ3v) is 3.61. The lowest BCUT2D eigenvalue weighted by molar-refractivity contribution is 0.685. The Balaban J connectivity index is 2.63. The minimum Gasteiger partial charge on any atom is -0.370 e. The van der Waals surface area contributed by atoms with Gasteiger partial charge in [0.1, 0.15) is 18.0 Å². The molecule has 0 saturated carbocycles. The number of aromatic nitrogens is 2. The normalized spacial score (nSPS) is 12.2. The highest BCUT2D eigenvalue weighted by Gasteiger charge is 2.08. The zero-order valence-electron chi connectivity index (χ0n) is 12.0. The number of hydrogen-bond donors (Lipinski definition) is 2. The third kappa shape index (κ3) is 5.55. The van der Waals surface area contributed by atoms with Crippen molar-refractivity contribution in [3.8, 4) is 0 Å². The van der Waals surface area contributed by atoms with E-state index in [9.17, 15) is 4.21 Å². The summed E-state index contributed by atoms with van der Waals surface area (Å²) in [5, 5.41) is 6.63. The molecule has 0 amide bonds. The molecule has 2 N–H and O–H groups in total. The fourth-order valence-corrected chi connectivity index (χ4v) is 2.33. The van der Waals surface area contributed by atoms with E-state index in [2.05, 4.69) is 34.4 Å². The van der Waals surface area contributed by atoms with Gasteiger partial charge in [-0.15, -0.1) is 0 Å². The van der Waals surface area contributed by atoms with E-state index in [-0.39, 0.29) is 0 Å². The number of nitrogens with one attached hydrogen (secondary N) is 2. The van der Waals surface area contributed by atoms with Crippen LogP contribution in [-0.2, 0) is 17.2 Å². The zero-order chi connectivity index (χ0) is 14.1. The lowest BCUT2D eigenvalue weighted by Crippen LogP contribution is -2.12. The molecule has 1 heterocycles. The Morgan fingerprint density at radius 1 is 1.16 bits per heavy atom. The minimum absolute atomic E-state index is 0.723. The highest BCUT2D eigenvalue weighted by Crippen LogP contribution is 2.20. The average molecular weight is 284 g/mol. The Bertz CT molecular complexity index is 412. The van der Waals surface area contributed by atoms with Crippen LogP contribution >= 0.6 is 0 Å². The van der Waals surface area contributed by atoms with E-state index < -0.39 is 10.8 Å². The van der Waals surface area contributed by atoms with Crippen molar-refractivity contribution in [1.29, 1.82) is 0 Å². The first-order valence-corrected chi connectivity index (χ1v) is 8.53. The lowest BCUT2D eigenvalue weighted by Gasteiger charge is -2.13. The number of hydrogen-bond acceptors (Lipinski definition) is 5. The Hall–Kier alpha value is -1.17. The summed E-state index contributed by atoms with van der Waals surface area (Å²) in [5.74, 6) is 2.53. The molecule has 0 spiro atoms. The fourth-order valence-electron chi connectivity index (χ4n) is 1.78. The van der Waals surface area contributed by atoms with Crippen LogP contribution in [0.25, 0.3) is 0 Å². The van der Waals surface area contributed by atoms with Crippen LogP contribution < -0.4 is 10.6 Å². The average Bonchev–Trinajstić information content (AvgIpc) is 2.41. The van der Waals surface area contributed by atoms with Gasteiger partial charge in [-0.05, 0) is 19.3 Å². The van der Waals surface area contributed by atoms with Gasteiger partial charge in [0.15, 0.2) is 0 Å². The van der Waals surface area contributed by atoms with Gasteiger partial charge in [0.2, 0.25) is 0 Å². The van der Waals surface area contributed by atoms with Crippen LogP contribution in [0.2, 0.25) is 0 Å². The first-order chi connectivity index (χ1) is 9.19. The van der Waals surface area contributed by atoms with Gasteiger partial charge in [-0.2, -0.15) is 0 Å². The minimum atomic E-state index is -0.724. The molecule has 1 aromatic rings. The maximum atomic E-state index is 11.0. The summed E-state index contributed by atoms with van der Waals surface area (Å²) >= 11 is 0. The van der Waals surface area contributed by atoms with Crippen molar-refractivity contribution < 1.29 is 4.21 Å². The van der Waals surface area contributed by atoms with Gasteiger partial charge in [0.05, 0.1) is 0 Å². The summed E-state index contributed by atoms with van der Waals surface area (Å²) in [5.41, 5.74) is 1.12. The van der Waals surface area contributed by atoms with Crippen molar-refractivity contribution in [2.45, 2.75) is 33.1 Å². The molecule has 0 bridgehead atoms. The number of nitrogens with zero attached hydrogens (tertiary/aromatic N) is 2. The Morgan fingerprint density at radius 3 is 2.32 bits per heavy atom. The highest BCUT2D eigenvalue weighted by molar-refractivity contribution is 7.84. The standard InChI is InChI=1S/C13H24N4OS/c1-4-7-14-12-11(5-2)13(17-10-16-12)15-8-6-9-19(3)18/h10H,4-9H2,1-3H3,(H2,14,15,16,17). The molecule has 108 valence electrons. The van der Waals surface area contributed by atoms with E-state index in [4.69, 9.17) is 0 Å². The monoisotopic (exact) mass is 284 g/mol. The van der Waals surface area contributed by atoms with E-state index in [1.165, 1.54) is 0 Å². The van der Waals surface area contributed by atoms with Crippen molar-refractivity contribution in [2.75, 3.05) is 35.7 Å². The van der Waals surface area contributed by atoms with Crippen LogP contribution in [0.4, 0.5) is 11.6 Å². The largest absolute Gasteiger partial charge is 0.370 e. The molecule has 1 atom stereocenters. The van der Waals surface area contributed by atoms with E-state index in [1.54, 1.807) is 12.6 Å². The molecule has 5 nitrogen and oxygen atoms in total. The molecule has 0 aliphatic carbocycles. The van der Waals surface area contributed by atoms with Gasteiger partial charge in [-0.25, -0.2) is 9.97 Å². The smallest absolute Gasteiger partial charge is 0.134 e. The highest BCUT2D eigenvalue weighted by atomic mass is 32.2. The maximum absolute atomic E-state index is 11.0. The van der Waals surface area contributed by atoms with Gasteiger partial charge in [-0.1, -0.05) is 13.8 Å². The second-order valence-corrected chi connectivity index (χ2v) is 5.94. The van der Waals surface area contributed by atoms with E-state index in [0.29, 0.717) is 0 Å². The summed E-state index contributed by atoms with van der Waals surface area (Å²) < 4.78 is 11.0. The van der Waals surface area contributed by atoms with Crippen molar-refractivity contribution in [1.82, 2.24) is 9.97 Å². The second kappa shape index (κ2) is 8.85. The van der Waals surface area contributed by atoms with Gasteiger partial charge in [-0.3, -0.25) is 4.21 Å². The van der Waals surface area contributed by atoms with Gasteiger partial charge in [0.25, 0.3) is 0 Å². The Labute approximate surface area is 118 Å². The van der Waals surface area contributed by atoms with Crippen LogP contribution in [0, 0.1) is 0 Å². The molecular formula is C13H24N4OS. The summed E-state index contributed by atoms with van der Waals surface area (Å²) in [6.45, 7) is 5.93. The topological polar surface area (TPSA) is 66.9 Å². The van der Waals surface area contributed by atoms with Crippen LogP contribution in [0.15, 0.2) is 6.33 Å². The predicted molar refractivity (Wildman–Crippen MR) is 82.2 cm³/mol. The van der Waals surface area contributed by atoms with Gasteiger partial charge < -0.3 is 10.6 Å². The molecular weight excluding hydrogens is 260 g/mol. The zero-order valence-corrected chi connectivity index (χ0v) is 12.8. The predicted octanol–water partition coefficient (Wildman–Crippen LogP) is 2.04. The van der Waals surface area contributed by atoms with Crippen molar-refractivity contribution in [2.24, 2.45) is 0 Å². The van der Waals surface area contributed by atoms with Crippen molar-refractivity contribution >= 4 is 22.4 Å². The van der Waals surface area contributed by atoms with E-state index in [0.717, 1.165) is 55.3 Å². The molecule has 0 radical (unpaired) electrons. The summed E-state index contributed by atoms with van der Waals surface area (Å²) in [7, 11) is -0.724. The first-order valence-electron chi connectivity index (χ1n) is 6.80. The summed E-state index contributed by atoms with van der Waals surface area (Å²) in [4.78, 5) is 8.59. The molecule has 0 aliphatic heterocycles. The van der Waals surface area contributed by atoms with E-state index >= 15 is 0 Å². The van der Waals surface area contributed by atoms with Crippen LogP contribution in [-0.4, -0.2) is 39.3 Å². The maximum Gasteiger partial charge on any atom is 0.134 e. The quantitative estimate of drug-likeness (QED) is 0.679.